The number of aliphatic hydroxyl groups excluding tert-OH is 1. The SMILES string of the molecule is CN(C(C)(C)CO)S(=O)(=O)CCCC(F)(F)F. The summed E-state index contributed by atoms with van der Waals surface area (Å²) in [4.78, 5) is 0. The lowest BCUT2D eigenvalue weighted by atomic mass is 10.1. The Kier molecular flexibility index (Phi) is 5.42. The molecule has 0 aliphatic heterocycles. The van der Waals surface area contributed by atoms with Crippen LogP contribution in [-0.4, -0.2) is 49.0 Å². The van der Waals surface area contributed by atoms with Crippen molar-refractivity contribution in [3.63, 3.8) is 0 Å². The summed E-state index contributed by atoms with van der Waals surface area (Å²) in [5.74, 6) is -0.577. The topological polar surface area (TPSA) is 57.6 Å². The van der Waals surface area contributed by atoms with Crippen LogP contribution < -0.4 is 0 Å². The van der Waals surface area contributed by atoms with E-state index in [0.29, 0.717) is 0 Å². The smallest absolute Gasteiger partial charge is 0.389 e. The first kappa shape index (κ1) is 16.7. The van der Waals surface area contributed by atoms with Gasteiger partial charge in [0, 0.05) is 13.5 Å². The zero-order valence-corrected chi connectivity index (χ0v) is 10.9. The largest absolute Gasteiger partial charge is 0.394 e. The Morgan fingerprint density at radius 3 is 2.06 bits per heavy atom. The van der Waals surface area contributed by atoms with Crippen molar-refractivity contribution < 1.29 is 26.7 Å². The van der Waals surface area contributed by atoms with Gasteiger partial charge in [0.05, 0.1) is 17.9 Å². The molecule has 8 heteroatoms. The van der Waals surface area contributed by atoms with Gasteiger partial charge in [0.1, 0.15) is 0 Å². The highest BCUT2D eigenvalue weighted by atomic mass is 32.2. The minimum Gasteiger partial charge on any atom is -0.394 e. The van der Waals surface area contributed by atoms with Crippen LogP contribution in [0.25, 0.3) is 0 Å². The van der Waals surface area contributed by atoms with Crippen LogP contribution in [0.15, 0.2) is 0 Å². The van der Waals surface area contributed by atoms with Gasteiger partial charge in [-0.1, -0.05) is 0 Å². The van der Waals surface area contributed by atoms with Crippen molar-refractivity contribution in [3.05, 3.63) is 0 Å². The molecule has 0 amide bonds. The molecule has 0 fully saturated rings. The van der Waals surface area contributed by atoms with Crippen LogP contribution in [-0.2, 0) is 10.0 Å². The molecule has 4 nitrogen and oxygen atoms in total. The number of halogens is 3. The minimum atomic E-state index is -4.35. The summed E-state index contributed by atoms with van der Waals surface area (Å²) in [6.45, 7) is 2.59. The summed E-state index contributed by atoms with van der Waals surface area (Å²) in [5, 5.41) is 9.00. The van der Waals surface area contributed by atoms with Gasteiger partial charge in [-0.2, -0.15) is 17.5 Å². The summed E-state index contributed by atoms with van der Waals surface area (Å²) >= 11 is 0. The third-order valence-corrected chi connectivity index (χ3v) is 4.65. The van der Waals surface area contributed by atoms with E-state index in [4.69, 9.17) is 5.11 Å². The highest BCUT2D eigenvalue weighted by Crippen LogP contribution is 2.23. The molecule has 0 aromatic rings. The monoisotopic (exact) mass is 277 g/mol. The first-order valence-electron chi connectivity index (χ1n) is 5.07. The van der Waals surface area contributed by atoms with Crippen LogP contribution in [0.2, 0.25) is 0 Å². The fourth-order valence-corrected chi connectivity index (χ4v) is 2.66. The van der Waals surface area contributed by atoms with Gasteiger partial charge in [0.2, 0.25) is 10.0 Å². The van der Waals surface area contributed by atoms with Crippen molar-refractivity contribution >= 4 is 10.0 Å². The van der Waals surface area contributed by atoms with E-state index in [1.54, 1.807) is 0 Å². The number of nitrogens with zero attached hydrogens (tertiary/aromatic N) is 1. The lowest BCUT2D eigenvalue weighted by Crippen LogP contribution is -2.48. The lowest BCUT2D eigenvalue weighted by molar-refractivity contribution is -0.134. The minimum absolute atomic E-state index is 0.401. The Labute approximate surface area is 99.5 Å². The van der Waals surface area contributed by atoms with Crippen LogP contribution in [0.3, 0.4) is 0 Å². The molecular weight excluding hydrogens is 259 g/mol. The van der Waals surface area contributed by atoms with Crippen LogP contribution >= 0.6 is 0 Å². The molecule has 1 N–H and O–H groups in total. The summed E-state index contributed by atoms with van der Waals surface area (Å²) in [7, 11) is -2.53. The van der Waals surface area contributed by atoms with E-state index in [2.05, 4.69) is 0 Å². The molecule has 0 bridgehead atoms. The second-order valence-electron chi connectivity index (χ2n) is 4.47. The predicted molar refractivity (Wildman–Crippen MR) is 58.0 cm³/mol. The number of aliphatic hydroxyl groups is 1. The summed E-state index contributed by atoms with van der Waals surface area (Å²) in [6.07, 6.45) is -5.95. The Balaban J connectivity index is 4.50. The van der Waals surface area contributed by atoms with E-state index in [0.717, 1.165) is 4.31 Å². The molecule has 0 aliphatic rings. The fourth-order valence-electron chi connectivity index (χ4n) is 1.07. The first-order chi connectivity index (χ1) is 7.42. The maximum Gasteiger partial charge on any atom is 0.389 e. The molecular formula is C9H18F3NO3S. The van der Waals surface area contributed by atoms with Gasteiger partial charge < -0.3 is 5.11 Å². The highest BCUT2D eigenvalue weighted by molar-refractivity contribution is 7.89. The predicted octanol–water partition coefficient (Wildman–Crippen LogP) is 1.36. The van der Waals surface area contributed by atoms with E-state index in [1.165, 1.54) is 20.9 Å². The van der Waals surface area contributed by atoms with Crippen LogP contribution in [0.4, 0.5) is 13.2 Å². The molecule has 17 heavy (non-hydrogen) atoms. The Bertz CT molecular complexity index is 338. The second kappa shape index (κ2) is 5.53. The molecule has 0 aromatic heterocycles. The Hall–Kier alpha value is -0.340. The van der Waals surface area contributed by atoms with Crippen LogP contribution in [0, 0.1) is 0 Å². The van der Waals surface area contributed by atoms with Gasteiger partial charge >= 0.3 is 6.18 Å². The molecule has 0 heterocycles. The van der Waals surface area contributed by atoms with E-state index >= 15 is 0 Å². The third-order valence-electron chi connectivity index (χ3n) is 2.52. The van der Waals surface area contributed by atoms with Gasteiger partial charge in [-0.15, -0.1) is 0 Å². The molecule has 0 saturated carbocycles. The summed E-state index contributed by atoms with van der Waals surface area (Å²) in [6, 6.07) is 0. The summed E-state index contributed by atoms with van der Waals surface area (Å²) in [5.41, 5.74) is -1.02. The van der Waals surface area contributed by atoms with Crippen molar-refractivity contribution in [2.45, 2.75) is 38.4 Å². The standard InChI is InChI=1S/C9H18F3NO3S/c1-8(2,7-14)13(3)17(15,16)6-4-5-9(10,11)12/h14H,4-7H2,1-3H3. The van der Waals surface area contributed by atoms with E-state index in [-0.39, 0.29) is 0 Å². The van der Waals surface area contributed by atoms with Gasteiger partial charge in [-0.25, -0.2) is 8.42 Å². The molecule has 104 valence electrons. The molecule has 0 saturated heterocycles. The molecule has 0 radical (unpaired) electrons. The fraction of sp³-hybridized carbons (Fsp3) is 1.00. The van der Waals surface area contributed by atoms with E-state index < -0.39 is 46.9 Å². The van der Waals surface area contributed by atoms with Gasteiger partial charge in [0.25, 0.3) is 0 Å². The second-order valence-corrected chi connectivity index (χ2v) is 6.59. The van der Waals surface area contributed by atoms with Crippen molar-refractivity contribution in [1.29, 1.82) is 0 Å². The average molecular weight is 277 g/mol. The van der Waals surface area contributed by atoms with Crippen molar-refractivity contribution in [2.75, 3.05) is 19.4 Å². The average Bonchev–Trinajstić information content (AvgIpc) is 2.14. The zero-order valence-electron chi connectivity index (χ0n) is 10.1. The molecule has 0 atom stereocenters. The van der Waals surface area contributed by atoms with E-state index in [1.807, 2.05) is 0 Å². The van der Waals surface area contributed by atoms with Crippen LogP contribution in [0.5, 0.6) is 0 Å². The number of likely N-dealkylation sites (N-methyl/N-ethyl adjacent to an activating group) is 1. The zero-order chi connectivity index (χ0) is 13.9. The number of alkyl halides is 3. The number of rotatable bonds is 6. The van der Waals surface area contributed by atoms with Crippen molar-refractivity contribution in [1.82, 2.24) is 4.31 Å². The number of hydrogen-bond acceptors (Lipinski definition) is 3. The summed E-state index contributed by atoms with van der Waals surface area (Å²) < 4.78 is 59.9. The van der Waals surface area contributed by atoms with Crippen molar-refractivity contribution in [3.8, 4) is 0 Å². The normalized spacial score (nSPS) is 14.4. The number of sulfonamides is 1. The lowest BCUT2D eigenvalue weighted by Gasteiger charge is -2.32. The first-order valence-corrected chi connectivity index (χ1v) is 6.67. The van der Waals surface area contributed by atoms with Gasteiger partial charge in [-0.05, 0) is 20.3 Å². The maximum atomic E-state index is 11.9. The molecule has 0 unspecified atom stereocenters. The van der Waals surface area contributed by atoms with Crippen molar-refractivity contribution in [2.24, 2.45) is 0 Å². The van der Waals surface area contributed by atoms with E-state index in [9.17, 15) is 21.6 Å². The number of hydrogen-bond donors (Lipinski definition) is 1. The van der Waals surface area contributed by atoms with Crippen LogP contribution in [0.1, 0.15) is 26.7 Å². The Morgan fingerprint density at radius 1 is 1.24 bits per heavy atom. The molecule has 0 rings (SSSR count). The quantitative estimate of drug-likeness (QED) is 0.797. The molecule has 0 spiro atoms. The van der Waals surface area contributed by atoms with Gasteiger partial charge in [-0.3, -0.25) is 0 Å². The highest BCUT2D eigenvalue weighted by Gasteiger charge is 2.33. The maximum absolute atomic E-state index is 11.9. The van der Waals surface area contributed by atoms with Gasteiger partial charge in [0.15, 0.2) is 0 Å². The molecule has 0 aromatic carbocycles. The third kappa shape index (κ3) is 5.69. The molecule has 0 aliphatic carbocycles. The Morgan fingerprint density at radius 2 is 1.71 bits per heavy atom.